The molecule has 1 aromatic carbocycles. The molecule has 2 rings (SSSR count). The van der Waals surface area contributed by atoms with Gasteiger partial charge in [-0.05, 0) is 30.5 Å². The molecule has 0 spiro atoms. The van der Waals surface area contributed by atoms with Gasteiger partial charge in [-0.25, -0.2) is 0 Å². The summed E-state index contributed by atoms with van der Waals surface area (Å²) in [5.41, 5.74) is 6.61. The number of methoxy groups -OCH3 is 2. The Morgan fingerprint density at radius 1 is 1.21 bits per heavy atom. The van der Waals surface area contributed by atoms with Gasteiger partial charge in [0.15, 0.2) is 5.96 Å². The van der Waals surface area contributed by atoms with Crippen LogP contribution < -0.4 is 20.5 Å². The van der Waals surface area contributed by atoms with E-state index < -0.39 is 6.10 Å². The Hall–Kier alpha value is -1.22. The van der Waals surface area contributed by atoms with Gasteiger partial charge in [0, 0.05) is 12.1 Å². The molecule has 0 amide bonds. The van der Waals surface area contributed by atoms with E-state index in [4.69, 9.17) is 15.2 Å². The predicted octanol–water partition coefficient (Wildman–Crippen LogP) is 2.59. The molecule has 1 aliphatic carbocycles. The number of aliphatic hydroxyl groups is 1. The smallest absolute Gasteiger partial charge is 0.188 e. The molecule has 1 atom stereocenters. The fourth-order valence-electron chi connectivity index (χ4n) is 2.81. The van der Waals surface area contributed by atoms with Crippen molar-refractivity contribution in [2.24, 2.45) is 10.7 Å². The van der Waals surface area contributed by atoms with E-state index in [1.165, 1.54) is 19.3 Å². The molecule has 0 aromatic heterocycles. The SMILES string of the molecule is COc1cc(OC)cc(C(O)CN=C(N)NC2CCCCC2)c1.I. The van der Waals surface area contributed by atoms with Crippen LogP contribution in [0.5, 0.6) is 11.5 Å². The van der Waals surface area contributed by atoms with E-state index in [0.717, 1.165) is 12.8 Å². The minimum Gasteiger partial charge on any atom is -0.497 e. The van der Waals surface area contributed by atoms with Crippen LogP contribution >= 0.6 is 24.0 Å². The van der Waals surface area contributed by atoms with Gasteiger partial charge in [0.05, 0.1) is 26.9 Å². The van der Waals surface area contributed by atoms with Crippen LogP contribution in [0, 0.1) is 0 Å². The summed E-state index contributed by atoms with van der Waals surface area (Å²) >= 11 is 0. The van der Waals surface area contributed by atoms with Gasteiger partial charge in [-0.3, -0.25) is 4.99 Å². The lowest BCUT2D eigenvalue weighted by atomic mass is 9.96. The Labute approximate surface area is 160 Å². The zero-order valence-electron chi connectivity index (χ0n) is 14.3. The lowest BCUT2D eigenvalue weighted by Gasteiger charge is -2.23. The maximum Gasteiger partial charge on any atom is 0.188 e. The second-order valence-corrected chi connectivity index (χ2v) is 5.87. The quantitative estimate of drug-likeness (QED) is 0.353. The Kier molecular flexibility index (Phi) is 9.20. The van der Waals surface area contributed by atoms with Crippen molar-refractivity contribution in [1.82, 2.24) is 5.32 Å². The first-order valence-electron chi connectivity index (χ1n) is 8.10. The summed E-state index contributed by atoms with van der Waals surface area (Å²) in [5.74, 6) is 1.66. The number of aliphatic imine (C=N–C) groups is 1. The Bertz CT molecular complexity index is 512. The van der Waals surface area contributed by atoms with E-state index in [2.05, 4.69) is 10.3 Å². The van der Waals surface area contributed by atoms with Crippen molar-refractivity contribution in [3.05, 3.63) is 23.8 Å². The Morgan fingerprint density at radius 3 is 2.33 bits per heavy atom. The number of aliphatic hydroxyl groups excluding tert-OH is 1. The minimum atomic E-state index is -0.759. The largest absolute Gasteiger partial charge is 0.497 e. The number of guanidine groups is 1. The molecule has 7 heteroatoms. The molecular formula is C17H28IN3O3. The number of nitrogens with zero attached hydrogens (tertiary/aromatic N) is 1. The van der Waals surface area contributed by atoms with Gasteiger partial charge >= 0.3 is 0 Å². The molecule has 1 saturated carbocycles. The van der Waals surface area contributed by atoms with Crippen LogP contribution in [0.2, 0.25) is 0 Å². The van der Waals surface area contributed by atoms with Gasteiger partial charge in [0.1, 0.15) is 11.5 Å². The van der Waals surface area contributed by atoms with Crippen LogP contribution in [0.4, 0.5) is 0 Å². The summed E-state index contributed by atoms with van der Waals surface area (Å²) in [6.45, 7) is 0.196. The van der Waals surface area contributed by atoms with Gasteiger partial charge in [0.2, 0.25) is 0 Å². The summed E-state index contributed by atoms with van der Waals surface area (Å²) in [4.78, 5) is 4.26. The van der Waals surface area contributed by atoms with Crippen LogP contribution in [0.1, 0.15) is 43.8 Å². The van der Waals surface area contributed by atoms with Crippen molar-refractivity contribution in [1.29, 1.82) is 0 Å². The summed E-state index contributed by atoms with van der Waals surface area (Å²) in [6.07, 6.45) is 5.27. The van der Waals surface area contributed by atoms with Gasteiger partial charge in [-0.2, -0.15) is 0 Å². The topological polar surface area (TPSA) is 89.1 Å². The fourth-order valence-corrected chi connectivity index (χ4v) is 2.81. The highest BCUT2D eigenvalue weighted by molar-refractivity contribution is 14.0. The van der Waals surface area contributed by atoms with E-state index in [1.807, 2.05) is 0 Å². The normalized spacial score (nSPS) is 16.9. The highest BCUT2D eigenvalue weighted by Crippen LogP contribution is 2.26. The van der Waals surface area contributed by atoms with Crippen molar-refractivity contribution in [3.63, 3.8) is 0 Å². The molecular weight excluding hydrogens is 421 g/mol. The van der Waals surface area contributed by atoms with Crippen molar-refractivity contribution in [3.8, 4) is 11.5 Å². The van der Waals surface area contributed by atoms with Crippen molar-refractivity contribution < 1.29 is 14.6 Å². The first kappa shape index (κ1) is 20.8. The molecule has 1 aromatic rings. The van der Waals surface area contributed by atoms with Gasteiger partial charge < -0.3 is 25.6 Å². The third kappa shape index (κ3) is 6.35. The zero-order valence-corrected chi connectivity index (χ0v) is 16.7. The molecule has 0 radical (unpaired) electrons. The fraction of sp³-hybridized carbons (Fsp3) is 0.588. The average Bonchev–Trinajstić information content (AvgIpc) is 2.60. The number of nitrogens with two attached hydrogens (primary N) is 1. The maximum atomic E-state index is 10.3. The number of rotatable bonds is 6. The van der Waals surface area contributed by atoms with E-state index in [-0.39, 0.29) is 30.5 Å². The molecule has 1 unspecified atom stereocenters. The third-order valence-corrected chi connectivity index (χ3v) is 4.15. The lowest BCUT2D eigenvalue weighted by Crippen LogP contribution is -2.41. The number of hydrogen-bond acceptors (Lipinski definition) is 4. The minimum absolute atomic E-state index is 0. The summed E-state index contributed by atoms with van der Waals surface area (Å²) < 4.78 is 10.4. The number of hydrogen-bond donors (Lipinski definition) is 3. The highest BCUT2D eigenvalue weighted by atomic mass is 127. The highest BCUT2D eigenvalue weighted by Gasteiger charge is 2.14. The number of halogens is 1. The molecule has 1 aliphatic rings. The number of benzene rings is 1. The van der Waals surface area contributed by atoms with Crippen molar-refractivity contribution in [2.75, 3.05) is 20.8 Å². The van der Waals surface area contributed by atoms with E-state index >= 15 is 0 Å². The molecule has 136 valence electrons. The monoisotopic (exact) mass is 449 g/mol. The lowest BCUT2D eigenvalue weighted by molar-refractivity contribution is 0.186. The molecule has 0 bridgehead atoms. The zero-order chi connectivity index (χ0) is 16.7. The molecule has 0 aliphatic heterocycles. The predicted molar refractivity (Wildman–Crippen MR) is 106 cm³/mol. The Balaban J connectivity index is 0.00000288. The van der Waals surface area contributed by atoms with E-state index in [1.54, 1.807) is 32.4 Å². The summed E-state index contributed by atoms with van der Waals surface area (Å²) in [6, 6.07) is 5.71. The second kappa shape index (κ2) is 10.6. The average molecular weight is 449 g/mol. The van der Waals surface area contributed by atoms with Crippen LogP contribution in [0.3, 0.4) is 0 Å². The Morgan fingerprint density at radius 2 is 1.79 bits per heavy atom. The summed E-state index contributed by atoms with van der Waals surface area (Å²) in [7, 11) is 3.16. The molecule has 4 N–H and O–H groups in total. The second-order valence-electron chi connectivity index (χ2n) is 5.87. The van der Waals surface area contributed by atoms with E-state index in [9.17, 15) is 5.11 Å². The number of ether oxygens (including phenoxy) is 2. The van der Waals surface area contributed by atoms with Crippen LogP contribution in [0.15, 0.2) is 23.2 Å². The molecule has 6 nitrogen and oxygen atoms in total. The standard InChI is InChI=1S/C17H27N3O3.HI/c1-22-14-8-12(9-15(10-14)23-2)16(21)11-19-17(18)20-13-6-4-3-5-7-13;/h8-10,13,16,21H,3-7,11H2,1-2H3,(H3,18,19,20);1H. The van der Waals surface area contributed by atoms with Crippen LogP contribution in [0.25, 0.3) is 0 Å². The van der Waals surface area contributed by atoms with E-state index in [0.29, 0.717) is 29.1 Å². The first-order chi connectivity index (χ1) is 11.1. The van der Waals surface area contributed by atoms with Gasteiger partial charge in [0.25, 0.3) is 0 Å². The molecule has 0 saturated heterocycles. The molecule has 0 heterocycles. The van der Waals surface area contributed by atoms with Gasteiger partial charge in [-0.1, -0.05) is 19.3 Å². The first-order valence-corrected chi connectivity index (χ1v) is 8.10. The van der Waals surface area contributed by atoms with Crippen LogP contribution in [-0.4, -0.2) is 37.9 Å². The number of nitrogens with one attached hydrogen (secondary N) is 1. The van der Waals surface area contributed by atoms with Gasteiger partial charge in [-0.15, -0.1) is 24.0 Å². The van der Waals surface area contributed by atoms with Crippen LogP contribution in [-0.2, 0) is 0 Å². The van der Waals surface area contributed by atoms with Crippen molar-refractivity contribution >= 4 is 29.9 Å². The van der Waals surface area contributed by atoms with Crippen molar-refractivity contribution in [2.45, 2.75) is 44.2 Å². The summed E-state index contributed by atoms with van der Waals surface area (Å²) in [5, 5.41) is 13.6. The molecule has 1 fully saturated rings. The third-order valence-electron chi connectivity index (χ3n) is 4.15. The maximum absolute atomic E-state index is 10.3. The molecule has 24 heavy (non-hydrogen) atoms.